The zero-order valence-electron chi connectivity index (χ0n) is 11.8. The molecule has 0 atom stereocenters. The van der Waals surface area contributed by atoms with Gasteiger partial charge in [0.05, 0.1) is 17.9 Å². The second-order valence-corrected chi connectivity index (χ2v) is 4.95. The van der Waals surface area contributed by atoms with Crippen LogP contribution in [-0.2, 0) is 18.4 Å². The second kappa shape index (κ2) is 6.02. The fourth-order valence-electron chi connectivity index (χ4n) is 2.15. The highest BCUT2D eigenvalue weighted by molar-refractivity contribution is 7.80. The predicted molar refractivity (Wildman–Crippen MR) is 84.3 cm³/mol. The monoisotopic (exact) mass is 290 g/mol. The number of nitrogens with zero attached hydrogens (tertiary/aromatic N) is 2. The third-order valence-corrected chi connectivity index (χ3v) is 3.24. The van der Waals surface area contributed by atoms with Crippen molar-refractivity contribution in [1.29, 1.82) is 0 Å². The fourth-order valence-corrected chi connectivity index (χ4v) is 2.39. The summed E-state index contributed by atoms with van der Waals surface area (Å²) in [5, 5.41) is 7.71. The fraction of sp³-hybridized carbons (Fsp3) is 0.286. The van der Waals surface area contributed by atoms with E-state index in [1.807, 2.05) is 38.2 Å². The third-order valence-electron chi connectivity index (χ3n) is 3.04. The first-order valence-electron chi connectivity index (χ1n) is 6.22. The zero-order chi connectivity index (χ0) is 14.7. The number of anilines is 2. The van der Waals surface area contributed by atoms with Gasteiger partial charge in [-0.1, -0.05) is 30.4 Å². The lowest BCUT2D eigenvalue weighted by Gasteiger charge is -2.13. The number of benzene rings is 1. The van der Waals surface area contributed by atoms with E-state index in [1.54, 1.807) is 11.8 Å². The number of aryl methyl sites for hydroxylation is 2. The van der Waals surface area contributed by atoms with Crippen LogP contribution in [-0.4, -0.2) is 21.9 Å². The Morgan fingerprint density at radius 1 is 1.45 bits per heavy atom. The molecule has 5 nitrogen and oxygen atoms in total. The van der Waals surface area contributed by atoms with Crippen LogP contribution in [0.1, 0.15) is 16.8 Å². The van der Waals surface area contributed by atoms with Crippen molar-refractivity contribution in [2.75, 3.05) is 12.4 Å². The molecule has 20 heavy (non-hydrogen) atoms. The van der Waals surface area contributed by atoms with E-state index in [4.69, 9.17) is 22.7 Å². The summed E-state index contributed by atoms with van der Waals surface area (Å²) in [6.07, 6.45) is 0. The Hall–Kier alpha value is -1.92. The molecule has 2 rings (SSSR count). The van der Waals surface area contributed by atoms with Gasteiger partial charge in [-0.3, -0.25) is 4.68 Å². The zero-order valence-corrected chi connectivity index (χ0v) is 12.6. The minimum atomic E-state index is 0.335. The van der Waals surface area contributed by atoms with Gasteiger partial charge in [-0.25, -0.2) is 0 Å². The van der Waals surface area contributed by atoms with Crippen LogP contribution >= 0.6 is 12.2 Å². The summed E-state index contributed by atoms with van der Waals surface area (Å²) in [6, 6.07) is 7.93. The van der Waals surface area contributed by atoms with Crippen LogP contribution in [0.25, 0.3) is 0 Å². The van der Waals surface area contributed by atoms with E-state index >= 15 is 0 Å². The van der Waals surface area contributed by atoms with Crippen LogP contribution in [0, 0.1) is 6.92 Å². The van der Waals surface area contributed by atoms with Crippen LogP contribution in [0.4, 0.5) is 11.5 Å². The molecule has 0 radical (unpaired) electrons. The van der Waals surface area contributed by atoms with Crippen LogP contribution in [0.3, 0.4) is 0 Å². The average molecular weight is 290 g/mol. The van der Waals surface area contributed by atoms with Crippen molar-refractivity contribution in [2.24, 2.45) is 12.8 Å². The normalized spacial score (nSPS) is 10.6. The van der Waals surface area contributed by atoms with Crippen LogP contribution < -0.4 is 11.1 Å². The van der Waals surface area contributed by atoms with Crippen molar-refractivity contribution in [3.05, 3.63) is 41.1 Å². The molecule has 0 aliphatic heterocycles. The molecule has 0 amide bonds. The van der Waals surface area contributed by atoms with Crippen LogP contribution in [0.15, 0.2) is 24.3 Å². The van der Waals surface area contributed by atoms with Gasteiger partial charge in [0.15, 0.2) is 0 Å². The van der Waals surface area contributed by atoms with E-state index in [0.717, 1.165) is 28.3 Å². The summed E-state index contributed by atoms with van der Waals surface area (Å²) in [6.45, 7) is 2.42. The lowest BCUT2D eigenvalue weighted by Crippen LogP contribution is -2.13. The van der Waals surface area contributed by atoms with Gasteiger partial charge in [0.25, 0.3) is 0 Å². The molecule has 3 N–H and O–H groups in total. The molecule has 1 aromatic heterocycles. The van der Waals surface area contributed by atoms with Gasteiger partial charge in [-0.15, -0.1) is 0 Å². The molecule has 0 unspecified atom stereocenters. The number of rotatable bonds is 5. The summed E-state index contributed by atoms with van der Waals surface area (Å²) in [4.78, 5) is 0.335. The number of para-hydroxylation sites is 1. The van der Waals surface area contributed by atoms with Gasteiger partial charge in [-0.2, -0.15) is 5.10 Å². The summed E-state index contributed by atoms with van der Waals surface area (Å²) in [5.41, 5.74) is 9.39. The molecular weight excluding hydrogens is 272 g/mol. The molecule has 2 aromatic rings. The van der Waals surface area contributed by atoms with Crippen molar-refractivity contribution >= 4 is 28.7 Å². The summed E-state index contributed by atoms with van der Waals surface area (Å²) in [5.74, 6) is 0.790. The molecule has 1 heterocycles. The Labute approximate surface area is 123 Å². The smallest absolute Gasteiger partial charge is 0.138 e. The Balaban J connectivity index is 2.43. The molecule has 0 aliphatic carbocycles. The van der Waals surface area contributed by atoms with Crippen molar-refractivity contribution in [3.63, 3.8) is 0 Å². The first-order valence-corrected chi connectivity index (χ1v) is 6.62. The number of thiocarbonyl (C=S) groups is 1. The van der Waals surface area contributed by atoms with E-state index < -0.39 is 0 Å². The summed E-state index contributed by atoms with van der Waals surface area (Å²) in [7, 11) is 3.53. The summed E-state index contributed by atoms with van der Waals surface area (Å²) < 4.78 is 6.95. The van der Waals surface area contributed by atoms with E-state index in [9.17, 15) is 0 Å². The molecule has 0 saturated heterocycles. The van der Waals surface area contributed by atoms with Crippen molar-refractivity contribution in [2.45, 2.75) is 13.5 Å². The lowest BCUT2D eigenvalue weighted by molar-refractivity contribution is 0.185. The first-order chi connectivity index (χ1) is 9.54. The Morgan fingerprint density at radius 3 is 2.80 bits per heavy atom. The molecule has 0 spiro atoms. The maximum absolute atomic E-state index is 5.79. The van der Waals surface area contributed by atoms with Crippen molar-refractivity contribution in [3.8, 4) is 0 Å². The van der Waals surface area contributed by atoms with E-state index in [2.05, 4.69) is 10.4 Å². The minimum Gasteiger partial charge on any atom is -0.389 e. The van der Waals surface area contributed by atoms with Crippen molar-refractivity contribution in [1.82, 2.24) is 9.78 Å². The molecule has 1 aromatic carbocycles. The van der Waals surface area contributed by atoms with Gasteiger partial charge in [-0.05, 0) is 13.0 Å². The number of aromatic nitrogens is 2. The highest BCUT2D eigenvalue weighted by Crippen LogP contribution is 2.25. The first kappa shape index (κ1) is 14.5. The van der Waals surface area contributed by atoms with Gasteiger partial charge < -0.3 is 15.8 Å². The number of hydrogen-bond donors (Lipinski definition) is 2. The Bertz CT molecular complexity index is 636. The highest BCUT2D eigenvalue weighted by Gasteiger charge is 2.16. The Kier molecular flexibility index (Phi) is 4.36. The van der Waals surface area contributed by atoms with Crippen molar-refractivity contribution < 1.29 is 4.74 Å². The number of nitrogens with two attached hydrogens (primary N) is 1. The van der Waals surface area contributed by atoms with Gasteiger partial charge >= 0.3 is 0 Å². The molecule has 0 saturated carbocycles. The number of hydrogen-bond acceptors (Lipinski definition) is 4. The largest absolute Gasteiger partial charge is 0.389 e. The third kappa shape index (κ3) is 2.81. The van der Waals surface area contributed by atoms with Gasteiger partial charge in [0.1, 0.15) is 10.8 Å². The van der Waals surface area contributed by atoms with Crippen LogP contribution in [0.5, 0.6) is 0 Å². The number of ether oxygens (including phenoxy) is 1. The second-order valence-electron chi connectivity index (χ2n) is 4.51. The van der Waals surface area contributed by atoms with E-state index in [-0.39, 0.29) is 0 Å². The maximum Gasteiger partial charge on any atom is 0.138 e. The standard InChI is InChI=1S/C14H18N4OS/c1-9-12(13(15)20)14(18(2)17-9)16-11-7-5-4-6-10(11)8-19-3/h4-7,16H,8H2,1-3H3,(H2,15,20). The average Bonchev–Trinajstić information content (AvgIpc) is 2.67. The topological polar surface area (TPSA) is 65.1 Å². The molecule has 0 fully saturated rings. The lowest BCUT2D eigenvalue weighted by atomic mass is 10.1. The highest BCUT2D eigenvalue weighted by atomic mass is 32.1. The van der Waals surface area contributed by atoms with E-state index in [0.29, 0.717) is 11.6 Å². The quantitative estimate of drug-likeness (QED) is 0.827. The molecule has 0 aliphatic rings. The minimum absolute atomic E-state index is 0.335. The Morgan fingerprint density at radius 2 is 2.15 bits per heavy atom. The predicted octanol–water partition coefficient (Wildman–Crippen LogP) is 2.25. The molecule has 0 bridgehead atoms. The van der Waals surface area contributed by atoms with Gasteiger partial charge in [0.2, 0.25) is 0 Å². The summed E-state index contributed by atoms with van der Waals surface area (Å²) >= 11 is 5.11. The maximum atomic E-state index is 5.79. The number of methoxy groups -OCH3 is 1. The number of nitrogens with one attached hydrogen (secondary N) is 1. The molecular formula is C14H18N4OS. The molecule has 6 heteroatoms. The SMILES string of the molecule is COCc1ccccc1Nc1c(C(N)=S)c(C)nn1C. The van der Waals surface area contributed by atoms with Crippen LogP contribution in [0.2, 0.25) is 0 Å². The van der Waals surface area contributed by atoms with Gasteiger partial charge in [0, 0.05) is 25.4 Å². The molecule has 106 valence electrons. The van der Waals surface area contributed by atoms with E-state index in [1.165, 1.54) is 0 Å².